The predicted molar refractivity (Wildman–Crippen MR) is 91.4 cm³/mol. The van der Waals surface area contributed by atoms with Gasteiger partial charge in [0.15, 0.2) is 0 Å². The largest absolute Gasteiger partial charge is 0.326 e. The van der Waals surface area contributed by atoms with E-state index in [0.29, 0.717) is 6.54 Å². The van der Waals surface area contributed by atoms with E-state index in [0.717, 1.165) is 23.4 Å². The van der Waals surface area contributed by atoms with Crippen LogP contribution in [0.2, 0.25) is 0 Å². The Kier molecular flexibility index (Phi) is 4.42. The number of aryl methyl sites for hydroxylation is 1. The van der Waals surface area contributed by atoms with Crippen LogP contribution in [0.25, 0.3) is 0 Å². The second-order valence-corrected chi connectivity index (χ2v) is 5.74. The Hall–Kier alpha value is -2.62. The van der Waals surface area contributed by atoms with Gasteiger partial charge in [0.25, 0.3) is 0 Å². The molecule has 0 aliphatic carbocycles. The van der Waals surface area contributed by atoms with Gasteiger partial charge in [-0.1, -0.05) is 43.3 Å². The van der Waals surface area contributed by atoms with E-state index in [1.807, 2.05) is 54.6 Å². The first kappa shape index (κ1) is 15.3. The van der Waals surface area contributed by atoms with Crippen LogP contribution in [0, 0.1) is 5.92 Å². The van der Waals surface area contributed by atoms with Gasteiger partial charge >= 0.3 is 0 Å². The van der Waals surface area contributed by atoms with Crippen LogP contribution in [-0.4, -0.2) is 18.4 Å². The maximum atomic E-state index is 12.4. The minimum absolute atomic E-state index is 0.0131. The Bertz CT molecular complexity index is 712. The number of anilines is 2. The van der Waals surface area contributed by atoms with Crippen LogP contribution in [0.1, 0.15) is 18.9 Å². The van der Waals surface area contributed by atoms with Crippen LogP contribution in [0.4, 0.5) is 11.4 Å². The van der Waals surface area contributed by atoms with E-state index >= 15 is 0 Å². The summed E-state index contributed by atoms with van der Waals surface area (Å²) in [6.45, 7) is 2.51. The monoisotopic (exact) mass is 308 g/mol. The summed E-state index contributed by atoms with van der Waals surface area (Å²) >= 11 is 0. The third-order valence-corrected chi connectivity index (χ3v) is 4.20. The van der Waals surface area contributed by atoms with E-state index in [4.69, 9.17) is 0 Å². The van der Waals surface area contributed by atoms with Crippen molar-refractivity contribution in [3.05, 3.63) is 60.2 Å². The molecule has 1 fully saturated rings. The van der Waals surface area contributed by atoms with Crippen LogP contribution in [0.15, 0.2) is 54.6 Å². The molecule has 1 N–H and O–H groups in total. The highest BCUT2D eigenvalue weighted by molar-refractivity contribution is 6.03. The minimum Gasteiger partial charge on any atom is -0.326 e. The molecular weight excluding hydrogens is 288 g/mol. The van der Waals surface area contributed by atoms with Crippen molar-refractivity contribution in [3.8, 4) is 0 Å². The van der Waals surface area contributed by atoms with Crippen LogP contribution >= 0.6 is 0 Å². The van der Waals surface area contributed by atoms with Crippen molar-refractivity contribution in [3.63, 3.8) is 0 Å². The van der Waals surface area contributed by atoms with E-state index in [2.05, 4.69) is 12.2 Å². The fourth-order valence-electron chi connectivity index (χ4n) is 2.95. The first-order chi connectivity index (χ1) is 11.2. The molecule has 0 saturated carbocycles. The molecule has 2 aromatic carbocycles. The predicted octanol–water partition coefficient (Wildman–Crippen LogP) is 3.24. The standard InChI is InChI=1S/C19H20N2O2/c1-2-14-8-6-7-11-17(14)21-13-15(12-18(21)22)19(23)20-16-9-4-3-5-10-16/h3-11,15H,2,12-13H2,1H3,(H,20,23)/t15-/m1/s1. The smallest absolute Gasteiger partial charge is 0.229 e. The van der Waals surface area contributed by atoms with Crippen LogP contribution in [0.5, 0.6) is 0 Å². The second kappa shape index (κ2) is 6.65. The van der Waals surface area contributed by atoms with Gasteiger partial charge in [-0.15, -0.1) is 0 Å². The Morgan fingerprint density at radius 2 is 1.83 bits per heavy atom. The fourth-order valence-corrected chi connectivity index (χ4v) is 2.95. The molecule has 0 aromatic heterocycles. The topological polar surface area (TPSA) is 49.4 Å². The molecule has 4 nitrogen and oxygen atoms in total. The maximum absolute atomic E-state index is 12.4. The number of hydrogen-bond acceptors (Lipinski definition) is 2. The van der Waals surface area contributed by atoms with Crippen LogP contribution in [0.3, 0.4) is 0 Å². The molecule has 1 saturated heterocycles. The SMILES string of the molecule is CCc1ccccc1N1C[C@H](C(=O)Nc2ccccc2)CC1=O. The molecule has 0 unspecified atom stereocenters. The van der Waals surface area contributed by atoms with Gasteiger partial charge < -0.3 is 10.2 Å². The highest BCUT2D eigenvalue weighted by Crippen LogP contribution is 2.29. The lowest BCUT2D eigenvalue weighted by Crippen LogP contribution is -2.28. The molecule has 1 aliphatic rings. The summed E-state index contributed by atoms with van der Waals surface area (Å²) in [4.78, 5) is 26.5. The van der Waals surface area contributed by atoms with E-state index < -0.39 is 0 Å². The highest BCUT2D eigenvalue weighted by atomic mass is 16.2. The zero-order chi connectivity index (χ0) is 16.2. The molecule has 23 heavy (non-hydrogen) atoms. The quantitative estimate of drug-likeness (QED) is 0.942. The summed E-state index contributed by atoms with van der Waals surface area (Å²) in [5.74, 6) is -0.396. The number of carbonyl (C=O) groups is 2. The Balaban J connectivity index is 1.73. The highest BCUT2D eigenvalue weighted by Gasteiger charge is 2.35. The normalized spacial score (nSPS) is 17.3. The van der Waals surface area contributed by atoms with E-state index in [-0.39, 0.29) is 24.2 Å². The van der Waals surface area contributed by atoms with Crippen LogP contribution in [-0.2, 0) is 16.0 Å². The molecule has 118 valence electrons. The van der Waals surface area contributed by atoms with Gasteiger partial charge in [-0.25, -0.2) is 0 Å². The van der Waals surface area contributed by atoms with Gasteiger partial charge in [-0.05, 0) is 30.2 Å². The van der Waals surface area contributed by atoms with Crippen molar-refractivity contribution >= 4 is 23.2 Å². The lowest BCUT2D eigenvalue weighted by Gasteiger charge is -2.20. The molecule has 1 atom stereocenters. The molecule has 0 spiro atoms. The van der Waals surface area contributed by atoms with Gasteiger partial charge in [0.2, 0.25) is 11.8 Å². The van der Waals surface area contributed by atoms with Crippen molar-refractivity contribution in [2.45, 2.75) is 19.8 Å². The summed E-state index contributed by atoms with van der Waals surface area (Å²) in [5.41, 5.74) is 2.82. The fraction of sp³-hybridized carbons (Fsp3) is 0.263. The second-order valence-electron chi connectivity index (χ2n) is 5.74. The number of para-hydroxylation sites is 2. The first-order valence-corrected chi connectivity index (χ1v) is 7.93. The number of rotatable bonds is 4. The van der Waals surface area contributed by atoms with Gasteiger partial charge in [-0.2, -0.15) is 0 Å². The molecule has 2 aromatic rings. The first-order valence-electron chi connectivity index (χ1n) is 7.93. The lowest BCUT2D eigenvalue weighted by molar-refractivity contribution is -0.122. The van der Waals surface area contributed by atoms with E-state index in [1.54, 1.807) is 4.90 Å². The summed E-state index contributed by atoms with van der Waals surface area (Å²) in [6, 6.07) is 17.2. The van der Waals surface area contributed by atoms with Gasteiger partial charge in [0.05, 0.1) is 5.92 Å². The van der Waals surface area contributed by atoms with Gasteiger partial charge in [0.1, 0.15) is 0 Å². The maximum Gasteiger partial charge on any atom is 0.229 e. The lowest BCUT2D eigenvalue weighted by atomic mass is 10.1. The number of benzene rings is 2. The summed E-state index contributed by atoms with van der Waals surface area (Å²) in [7, 11) is 0. The summed E-state index contributed by atoms with van der Waals surface area (Å²) < 4.78 is 0. The Morgan fingerprint density at radius 1 is 1.13 bits per heavy atom. The summed E-state index contributed by atoms with van der Waals surface area (Å²) in [6.07, 6.45) is 1.12. The van der Waals surface area contributed by atoms with Gasteiger partial charge in [-0.3, -0.25) is 9.59 Å². The molecule has 4 heteroatoms. The van der Waals surface area contributed by atoms with E-state index in [1.165, 1.54) is 0 Å². The average Bonchev–Trinajstić information content (AvgIpc) is 2.97. The zero-order valence-corrected chi connectivity index (χ0v) is 13.2. The summed E-state index contributed by atoms with van der Waals surface area (Å²) in [5, 5.41) is 2.89. The Morgan fingerprint density at radius 3 is 2.57 bits per heavy atom. The van der Waals surface area contributed by atoms with Crippen molar-refractivity contribution in [2.75, 3.05) is 16.8 Å². The number of amides is 2. The molecular formula is C19H20N2O2. The number of hydrogen-bond donors (Lipinski definition) is 1. The Labute approximate surface area is 136 Å². The molecule has 0 bridgehead atoms. The number of nitrogens with zero attached hydrogens (tertiary/aromatic N) is 1. The molecule has 2 amide bonds. The van der Waals surface area contributed by atoms with E-state index in [9.17, 15) is 9.59 Å². The number of carbonyl (C=O) groups excluding carboxylic acids is 2. The van der Waals surface area contributed by atoms with Crippen LogP contribution < -0.4 is 10.2 Å². The minimum atomic E-state index is -0.312. The molecule has 1 aliphatic heterocycles. The third kappa shape index (κ3) is 3.26. The van der Waals surface area contributed by atoms with Crippen molar-refractivity contribution in [1.82, 2.24) is 0 Å². The van der Waals surface area contributed by atoms with Crippen molar-refractivity contribution < 1.29 is 9.59 Å². The zero-order valence-electron chi connectivity index (χ0n) is 13.2. The van der Waals surface area contributed by atoms with Crippen molar-refractivity contribution in [2.24, 2.45) is 5.92 Å². The average molecular weight is 308 g/mol. The number of nitrogens with one attached hydrogen (secondary N) is 1. The molecule has 0 radical (unpaired) electrons. The molecule has 1 heterocycles. The third-order valence-electron chi connectivity index (χ3n) is 4.20. The van der Waals surface area contributed by atoms with Crippen molar-refractivity contribution in [1.29, 1.82) is 0 Å². The molecule has 3 rings (SSSR count). The van der Waals surface area contributed by atoms with Gasteiger partial charge in [0, 0.05) is 24.3 Å².